The second kappa shape index (κ2) is 4.63. The van der Waals surface area contributed by atoms with Crippen LogP contribution in [0.2, 0.25) is 4.47 Å². The Kier molecular flexibility index (Phi) is 3.21. The number of carbonyl (C=O) groups is 1. The largest absolute Gasteiger partial charge is 0.357 e. The normalized spacial score (nSPS) is 10.4. The van der Waals surface area contributed by atoms with Gasteiger partial charge in [0, 0.05) is 26.0 Å². The molecule has 0 aromatic carbocycles. The average molecular weight is 257 g/mol. The molecular formula is C9H9ClN4OS. The Hall–Kier alpha value is -1.40. The lowest BCUT2D eigenvalue weighted by molar-refractivity contribution is 0.0950. The van der Waals surface area contributed by atoms with Crippen LogP contribution in [0.3, 0.4) is 0 Å². The van der Waals surface area contributed by atoms with Crippen molar-refractivity contribution in [3.8, 4) is 0 Å². The zero-order valence-corrected chi connectivity index (χ0v) is 10.0. The first-order valence-corrected chi connectivity index (χ1v) is 5.72. The van der Waals surface area contributed by atoms with E-state index in [9.17, 15) is 4.79 Å². The first kappa shape index (κ1) is 11.1. The molecule has 2 aromatic heterocycles. The molecule has 2 rings (SSSR count). The molecule has 16 heavy (non-hydrogen) atoms. The van der Waals surface area contributed by atoms with Gasteiger partial charge >= 0.3 is 0 Å². The van der Waals surface area contributed by atoms with Crippen molar-refractivity contribution >= 4 is 28.8 Å². The maximum Gasteiger partial charge on any atom is 0.282 e. The molecule has 2 heterocycles. The fourth-order valence-corrected chi connectivity index (χ4v) is 1.97. The van der Waals surface area contributed by atoms with Gasteiger partial charge < -0.3 is 9.88 Å². The summed E-state index contributed by atoms with van der Waals surface area (Å²) in [7, 11) is 1.93. The van der Waals surface area contributed by atoms with E-state index in [1.54, 1.807) is 0 Å². The van der Waals surface area contributed by atoms with Gasteiger partial charge in [-0.1, -0.05) is 11.3 Å². The van der Waals surface area contributed by atoms with Crippen molar-refractivity contribution in [2.75, 3.05) is 0 Å². The smallest absolute Gasteiger partial charge is 0.282 e. The van der Waals surface area contributed by atoms with Crippen LogP contribution < -0.4 is 5.32 Å². The maximum absolute atomic E-state index is 11.6. The van der Waals surface area contributed by atoms with Crippen molar-refractivity contribution in [2.24, 2.45) is 7.05 Å². The number of amides is 1. The highest BCUT2D eigenvalue weighted by Gasteiger charge is 2.11. The molecule has 0 spiro atoms. The second-order valence-corrected chi connectivity index (χ2v) is 4.79. The highest BCUT2D eigenvalue weighted by Crippen LogP contribution is 2.14. The molecule has 7 heteroatoms. The minimum atomic E-state index is -0.256. The number of nitrogens with one attached hydrogen (secondary N) is 1. The van der Waals surface area contributed by atoms with Crippen LogP contribution in [0.4, 0.5) is 0 Å². The van der Waals surface area contributed by atoms with E-state index < -0.39 is 0 Å². The molecule has 5 nitrogen and oxygen atoms in total. The summed E-state index contributed by atoms with van der Waals surface area (Å²) in [5.74, 6) is -0.256. The van der Waals surface area contributed by atoms with Gasteiger partial charge in [0.1, 0.15) is 0 Å². The summed E-state index contributed by atoms with van der Waals surface area (Å²) in [4.78, 5) is 11.6. The molecule has 84 valence electrons. The molecule has 0 saturated carbocycles. The van der Waals surface area contributed by atoms with E-state index in [0.717, 1.165) is 16.9 Å². The van der Waals surface area contributed by atoms with Gasteiger partial charge in [-0.05, 0) is 23.2 Å². The van der Waals surface area contributed by atoms with Crippen LogP contribution >= 0.6 is 22.9 Å². The lowest BCUT2D eigenvalue weighted by atomic mass is 10.3. The Labute approximate surface area is 101 Å². The number of hydrogen-bond acceptors (Lipinski definition) is 4. The third-order valence-electron chi connectivity index (χ3n) is 1.94. The first-order valence-electron chi connectivity index (χ1n) is 4.53. The van der Waals surface area contributed by atoms with E-state index in [0.29, 0.717) is 6.54 Å². The van der Waals surface area contributed by atoms with Crippen molar-refractivity contribution < 1.29 is 4.79 Å². The quantitative estimate of drug-likeness (QED) is 0.905. The lowest BCUT2D eigenvalue weighted by Crippen LogP contribution is -2.22. The highest BCUT2D eigenvalue weighted by molar-refractivity contribution is 7.17. The third kappa shape index (κ3) is 2.59. The van der Waals surface area contributed by atoms with Gasteiger partial charge in [-0.3, -0.25) is 4.79 Å². The first-order chi connectivity index (χ1) is 7.65. The van der Waals surface area contributed by atoms with E-state index in [1.807, 2.05) is 30.1 Å². The van der Waals surface area contributed by atoms with E-state index in [4.69, 9.17) is 11.6 Å². The number of carbonyl (C=O) groups excluding carboxylic acids is 1. The summed E-state index contributed by atoms with van der Waals surface area (Å²) in [6.45, 7) is 0.469. The fraction of sp³-hybridized carbons (Fsp3) is 0.222. The summed E-state index contributed by atoms with van der Waals surface area (Å²) < 4.78 is 2.19. The van der Waals surface area contributed by atoms with Crippen molar-refractivity contribution in [3.05, 3.63) is 33.5 Å². The van der Waals surface area contributed by atoms with E-state index in [1.165, 1.54) is 0 Å². The van der Waals surface area contributed by atoms with Crippen molar-refractivity contribution in [2.45, 2.75) is 6.54 Å². The van der Waals surface area contributed by atoms with Crippen LogP contribution in [-0.4, -0.2) is 20.7 Å². The van der Waals surface area contributed by atoms with Crippen LogP contribution in [0.5, 0.6) is 0 Å². The Morgan fingerprint density at radius 3 is 3.00 bits per heavy atom. The summed E-state index contributed by atoms with van der Waals surface area (Å²) in [5.41, 5.74) is 1.03. The van der Waals surface area contributed by atoms with Gasteiger partial charge in [0.05, 0.1) is 0 Å². The van der Waals surface area contributed by atoms with Crippen molar-refractivity contribution in [1.29, 1.82) is 0 Å². The van der Waals surface area contributed by atoms with Crippen molar-refractivity contribution in [3.63, 3.8) is 0 Å². The topological polar surface area (TPSA) is 59.8 Å². The number of hydrogen-bond donors (Lipinski definition) is 1. The highest BCUT2D eigenvalue weighted by atomic mass is 35.5. The molecule has 2 aromatic rings. The second-order valence-electron chi connectivity index (χ2n) is 3.23. The standard InChI is InChI=1S/C9H9ClN4OS/c1-14-3-2-6(5-14)4-11-7(15)8-12-13-9(10)16-8/h2-3,5H,4H2,1H3,(H,11,15). The Balaban J connectivity index is 1.93. The number of nitrogens with zero attached hydrogens (tertiary/aromatic N) is 3. The van der Waals surface area contributed by atoms with Crippen molar-refractivity contribution in [1.82, 2.24) is 20.1 Å². The molecular weight excluding hydrogens is 248 g/mol. The summed E-state index contributed by atoms with van der Waals surface area (Å²) in [5, 5.41) is 10.2. The van der Waals surface area contributed by atoms with Gasteiger partial charge in [-0.2, -0.15) is 0 Å². The molecule has 0 atom stereocenters. The molecule has 0 bridgehead atoms. The molecule has 1 N–H and O–H groups in total. The van der Waals surface area contributed by atoms with E-state index in [-0.39, 0.29) is 15.4 Å². The summed E-state index contributed by atoms with van der Waals surface area (Å²) >= 11 is 6.65. The molecule has 0 aliphatic carbocycles. The molecule has 0 saturated heterocycles. The Morgan fingerprint density at radius 1 is 1.62 bits per heavy atom. The molecule has 0 unspecified atom stereocenters. The Morgan fingerprint density at radius 2 is 2.44 bits per heavy atom. The van der Waals surface area contributed by atoms with E-state index >= 15 is 0 Å². The number of halogens is 1. The average Bonchev–Trinajstić information content (AvgIpc) is 2.84. The number of aryl methyl sites for hydroxylation is 1. The van der Waals surface area contributed by atoms with Gasteiger partial charge in [-0.25, -0.2) is 0 Å². The third-order valence-corrected chi connectivity index (χ3v) is 2.96. The number of aromatic nitrogens is 3. The minimum Gasteiger partial charge on any atom is -0.357 e. The molecule has 0 aliphatic heterocycles. The molecule has 0 aliphatic rings. The lowest BCUT2D eigenvalue weighted by Gasteiger charge is -1.99. The van der Waals surface area contributed by atoms with Gasteiger partial charge in [0.25, 0.3) is 5.91 Å². The molecule has 0 fully saturated rings. The maximum atomic E-state index is 11.6. The van der Waals surface area contributed by atoms with Gasteiger partial charge in [0.2, 0.25) is 9.47 Å². The number of rotatable bonds is 3. The van der Waals surface area contributed by atoms with Crippen LogP contribution in [0.15, 0.2) is 18.5 Å². The van der Waals surface area contributed by atoms with Gasteiger partial charge in [0.15, 0.2) is 0 Å². The van der Waals surface area contributed by atoms with Gasteiger partial charge in [-0.15, -0.1) is 10.2 Å². The van der Waals surface area contributed by atoms with E-state index in [2.05, 4.69) is 15.5 Å². The molecule has 0 radical (unpaired) electrons. The van der Waals surface area contributed by atoms with Crippen LogP contribution in [0.25, 0.3) is 0 Å². The van der Waals surface area contributed by atoms with Crippen LogP contribution in [0, 0.1) is 0 Å². The van der Waals surface area contributed by atoms with Crippen LogP contribution in [-0.2, 0) is 13.6 Å². The Bertz CT molecular complexity index is 507. The zero-order valence-electron chi connectivity index (χ0n) is 8.48. The summed E-state index contributed by atoms with van der Waals surface area (Å²) in [6, 6.07) is 1.94. The predicted molar refractivity (Wildman–Crippen MR) is 61.5 cm³/mol. The predicted octanol–water partition coefficient (Wildman–Crippen LogP) is 1.46. The summed E-state index contributed by atoms with van der Waals surface area (Å²) in [6.07, 6.45) is 3.86. The molecule has 1 amide bonds. The monoisotopic (exact) mass is 256 g/mol. The SMILES string of the molecule is Cn1ccc(CNC(=O)c2nnc(Cl)s2)c1. The zero-order chi connectivity index (χ0) is 11.5. The van der Waals surface area contributed by atoms with Crippen LogP contribution in [0.1, 0.15) is 15.4 Å². The fourth-order valence-electron chi connectivity index (χ4n) is 1.22. The minimum absolute atomic E-state index is 0.256.